The molecule has 0 aliphatic rings. The maximum absolute atomic E-state index is 5.78. The Balaban J connectivity index is 1.76. The van der Waals surface area contributed by atoms with E-state index in [2.05, 4.69) is 34.9 Å². The van der Waals surface area contributed by atoms with Crippen molar-refractivity contribution in [3.05, 3.63) is 39.8 Å². The van der Waals surface area contributed by atoms with E-state index in [0.29, 0.717) is 11.1 Å². The lowest BCUT2D eigenvalue weighted by Gasteiger charge is -2.11. The predicted octanol–water partition coefficient (Wildman–Crippen LogP) is 2.95. The standard InChI is InChI=1S/C11H14ClN3S/c1-9(11-3-2-6-16-11)13-4-5-15-8-10(12)7-14-15/h2-3,6-9,13H,4-5H2,1H3. The summed E-state index contributed by atoms with van der Waals surface area (Å²) in [5.41, 5.74) is 0. The van der Waals surface area contributed by atoms with Crippen molar-refractivity contribution in [2.45, 2.75) is 19.5 Å². The topological polar surface area (TPSA) is 29.9 Å². The van der Waals surface area contributed by atoms with E-state index < -0.39 is 0 Å². The van der Waals surface area contributed by atoms with Crippen LogP contribution in [0.1, 0.15) is 17.8 Å². The molecular weight excluding hydrogens is 242 g/mol. The summed E-state index contributed by atoms with van der Waals surface area (Å²) in [5.74, 6) is 0. The minimum atomic E-state index is 0.394. The third kappa shape index (κ3) is 3.07. The summed E-state index contributed by atoms with van der Waals surface area (Å²) in [5, 5.41) is 10.4. The maximum atomic E-state index is 5.78. The number of thiophene rings is 1. The summed E-state index contributed by atoms with van der Waals surface area (Å²) >= 11 is 7.56. The Morgan fingerprint density at radius 1 is 1.62 bits per heavy atom. The van der Waals surface area contributed by atoms with E-state index in [1.807, 2.05) is 10.9 Å². The molecule has 3 nitrogen and oxygen atoms in total. The maximum Gasteiger partial charge on any atom is 0.0785 e. The molecule has 16 heavy (non-hydrogen) atoms. The van der Waals surface area contributed by atoms with Gasteiger partial charge >= 0.3 is 0 Å². The first-order valence-electron chi connectivity index (χ1n) is 5.20. The molecule has 0 radical (unpaired) electrons. The van der Waals surface area contributed by atoms with Crippen LogP contribution < -0.4 is 5.32 Å². The smallest absolute Gasteiger partial charge is 0.0785 e. The van der Waals surface area contributed by atoms with Crippen molar-refractivity contribution >= 4 is 22.9 Å². The molecule has 1 atom stereocenters. The van der Waals surface area contributed by atoms with Gasteiger partial charge in [-0.15, -0.1) is 11.3 Å². The predicted molar refractivity (Wildman–Crippen MR) is 68.0 cm³/mol. The number of hydrogen-bond donors (Lipinski definition) is 1. The van der Waals surface area contributed by atoms with E-state index in [1.165, 1.54) is 4.88 Å². The van der Waals surface area contributed by atoms with Crippen molar-refractivity contribution in [1.29, 1.82) is 0 Å². The second-order valence-electron chi connectivity index (χ2n) is 3.61. The number of nitrogens with one attached hydrogen (secondary N) is 1. The number of rotatable bonds is 5. The zero-order valence-corrected chi connectivity index (χ0v) is 10.6. The van der Waals surface area contributed by atoms with Gasteiger partial charge in [-0.05, 0) is 18.4 Å². The van der Waals surface area contributed by atoms with Crippen LogP contribution in [-0.4, -0.2) is 16.3 Å². The average molecular weight is 256 g/mol. The summed E-state index contributed by atoms with van der Waals surface area (Å²) < 4.78 is 1.84. The fourth-order valence-corrected chi connectivity index (χ4v) is 2.41. The Kier molecular flexibility index (Phi) is 3.98. The lowest BCUT2D eigenvalue weighted by Crippen LogP contribution is -2.22. The van der Waals surface area contributed by atoms with Gasteiger partial charge in [-0.1, -0.05) is 17.7 Å². The Hall–Kier alpha value is -0.840. The van der Waals surface area contributed by atoms with Crippen LogP contribution in [0.4, 0.5) is 0 Å². The molecule has 5 heteroatoms. The molecule has 0 saturated carbocycles. The van der Waals surface area contributed by atoms with E-state index in [4.69, 9.17) is 11.6 Å². The van der Waals surface area contributed by atoms with Crippen molar-refractivity contribution in [1.82, 2.24) is 15.1 Å². The first-order chi connectivity index (χ1) is 7.75. The third-order valence-corrected chi connectivity index (χ3v) is 3.61. The number of nitrogens with zero attached hydrogens (tertiary/aromatic N) is 2. The van der Waals surface area contributed by atoms with Crippen LogP contribution in [0, 0.1) is 0 Å². The van der Waals surface area contributed by atoms with Crippen LogP contribution in [0.25, 0.3) is 0 Å². The molecule has 0 spiro atoms. The summed E-state index contributed by atoms with van der Waals surface area (Å²) in [6.07, 6.45) is 3.49. The second kappa shape index (κ2) is 5.48. The Morgan fingerprint density at radius 2 is 2.50 bits per heavy atom. The highest BCUT2D eigenvalue weighted by Crippen LogP contribution is 2.17. The third-order valence-electron chi connectivity index (χ3n) is 2.36. The molecule has 0 amide bonds. The van der Waals surface area contributed by atoms with E-state index in [1.54, 1.807) is 17.5 Å². The summed E-state index contributed by atoms with van der Waals surface area (Å²) in [6.45, 7) is 3.89. The summed E-state index contributed by atoms with van der Waals surface area (Å²) in [7, 11) is 0. The Morgan fingerprint density at radius 3 is 3.12 bits per heavy atom. The van der Waals surface area contributed by atoms with E-state index in [-0.39, 0.29) is 0 Å². The van der Waals surface area contributed by atoms with Gasteiger partial charge in [0.25, 0.3) is 0 Å². The molecule has 2 heterocycles. The van der Waals surface area contributed by atoms with Gasteiger partial charge < -0.3 is 5.32 Å². The SMILES string of the molecule is CC(NCCn1cc(Cl)cn1)c1cccs1. The van der Waals surface area contributed by atoms with E-state index >= 15 is 0 Å². The molecule has 1 N–H and O–H groups in total. The van der Waals surface area contributed by atoms with Crippen LogP contribution >= 0.6 is 22.9 Å². The molecule has 1 unspecified atom stereocenters. The average Bonchev–Trinajstić information content (AvgIpc) is 2.89. The molecule has 2 rings (SSSR count). The zero-order valence-electron chi connectivity index (χ0n) is 9.06. The Labute approximate surface area is 104 Å². The van der Waals surface area contributed by atoms with Crippen LogP contribution in [-0.2, 0) is 6.54 Å². The minimum Gasteiger partial charge on any atom is -0.308 e. The monoisotopic (exact) mass is 255 g/mol. The molecule has 0 fully saturated rings. The lowest BCUT2D eigenvalue weighted by molar-refractivity contribution is 0.511. The fourth-order valence-electron chi connectivity index (χ4n) is 1.49. The molecule has 2 aromatic rings. The lowest BCUT2D eigenvalue weighted by atomic mass is 10.3. The summed E-state index contributed by atoms with van der Waals surface area (Å²) in [6, 6.07) is 4.62. The molecule has 0 bridgehead atoms. The molecule has 0 aliphatic carbocycles. The van der Waals surface area contributed by atoms with Crippen molar-refractivity contribution in [3.63, 3.8) is 0 Å². The van der Waals surface area contributed by atoms with Crippen molar-refractivity contribution in [2.75, 3.05) is 6.54 Å². The van der Waals surface area contributed by atoms with Crippen molar-refractivity contribution in [3.8, 4) is 0 Å². The number of aromatic nitrogens is 2. The van der Waals surface area contributed by atoms with Gasteiger partial charge in [-0.3, -0.25) is 4.68 Å². The van der Waals surface area contributed by atoms with Gasteiger partial charge in [0, 0.05) is 23.7 Å². The molecule has 86 valence electrons. The molecule has 0 aromatic carbocycles. The van der Waals surface area contributed by atoms with Gasteiger partial charge in [-0.2, -0.15) is 5.10 Å². The number of halogens is 1. The van der Waals surface area contributed by atoms with Crippen molar-refractivity contribution < 1.29 is 0 Å². The van der Waals surface area contributed by atoms with Crippen LogP contribution in [0.3, 0.4) is 0 Å². The molecule has 0 saturated heterocycles. The molecule has 2 aromatic heterocycles. The summed E-state index contributed by atoms with van der Waals surface area (Å²) in [4.78, 5) is 1.36. The largest absolute Gasteiger partial charge is 0.308 e. The van der Waals surface area contributed by atoms with Gasteiger partial charge in [-0.25, -0.2) is 0 Å². The van der Waals surface area contributed by atoms with Crippen LogP contribution in [0.2, 0.25) is 5.02 Å². The van der Waals surface area contributed by atoms with Crippen molar-refractivity contribution in [2.24, 2.45) is 0 Å². The zero-order chi connectivity index (χ0) is 11.4. The van der Waals surface area contributed by atoms with E-state index in [0.717, 1.165) is 13.1 Å². The quantitative estimate of drug-likeness (QED) is 0.890. The number of hydrogen-bond acceptors (Lipinski definition) is 3. The Bertz CT molecular complexity index is 424. The highest BCUT2D eigenvalue weighted by Gasteiger charge is 2.04. The minimum absolute atomic E-state index is 0.394. The highest BCUT2D eigenvalue weighted by molar-refractivity contribution is 7.10. The van der Waals surface area contributed by atoms with Gasteiger partial charge in [0.2, 0.25) is 0 Å². The van der Waals surface area contributed by atoms with E-state index in [9.17, 15) is 0 Å². The molecular formula is C11H14ClN3S. The van der Waals surface area contributed by atoms with Gasteiger partial charge in [0.15, 0.2) is 0 Å². The second-order valence-corrected chi connectivity index (χ2v) is 5.03. The first kappa shape index (κ1) is 11.6. The first-order valence-corrected chi connectivity index (χ1v) is 6.46. The van der Waals surface area contributed by atoms with Crippen LogP contribution in [0.15, 0.2) is 29.9 Å². The van der Waals surface area contributed by atoms with Gasteiger partial charge in [0.1, 0.15) is 0 Å². The van der Waals surface area contributed by atoms with Gasteiger partial charge in [0.05, 0.1) is 17.8 Å². The molecule has 0 aliphatic heterocycles. The normalized spacial score (nSPS) is 12.9. The fraction of sp³-hybridized carbons (Fsp3) is 0.364. The van der Waals surface area contributed by atoms with Crippen LogP contribution in [0.5, 0.6) is 0 Å². The highest BCUT2D eigenvalue weighted by atomic mass is 35.5.